The number of anilines is 2. The molecule has 5 nitrogen and oxygen atoms in total. The number of piperazine rings is 1. The molecule has 5 heteroatoms. The number of aromatic nitrogens is 1. The summed E-state index contributed by atoms with van der Waals surface area (Å²) in [6.07, 6.45) is 5.18. The summed E-state index contributed by atoms with van der Waals surface area (Å²) in [6.45, 7) is 6.78. The third-order valence-corrected chi connectivity index (χ3v) is 5.77. The SMILES string of the molecule is CCC1CN(c2ccccc2)CCN1C(=O)c1cc(N2CCCC2)ccn1. The Morgan fingerprint density at radius 1 is 1.00 bits per heavy atom. The highest BCUT2D eigenvalue weighted by molar-refractivity contribution is 5.93. The van der Waals surface area contributed by atoms with Gasteiger partial charge in [0, 0.05) is 56.3 Å². The van der Waals surface area contributed by atoms with Crippen molar-refractivity contribution in [2.75, 3.05) is 42.5 Å². The Morgan fingerprint density at radius 3 is 2.52 bits per heavy atom. The third-order valence-electron chi connectivity index (χ3n) is 5.77. The molecule has 3 heterocycles. The first kappa shape index (κ1) is 17.8. The van der Waals surface area contributed by atoms with Crippen LogP contribution in [-0.4, -0.2) is 54.6 Å². The summed E-state index contributed by atoms with van der Waals surface area (Å²) in [5.41, 5.74) is 2.94. The Kier molecular flexibility index (Phi) is 5.28. The van der Waals surface area contributed by atoms with Crippen LogP contribution >= 0.6 is 0 Å². The van der Waals surface area contributed by atoms with Gasteiger partial charge in [-0.05, 0) is 43.5 Å². The highest BCUT2D eigenvalue weighted by atomic mass is 16.2. The summed E-state index contributed by atoms with van der Waals surface area (Å²) in [5.74, 6) is 0.0654. The van der Waals surface area contributed by atoms with Crippen LogP contribution in [0.25, 0.3) is 0 Å². The van der Waals surface area contributed by atoms with E-state index in [9.17, 15) is 4.79 Å². The maximum Gasteiger partial charge on any atom is 0.272 e. The van der Waals surface area contributed by atoms with Crippen LogP contribution < -0.4 is 9.80 Å². The molecule has 4 rings (SSSR count). The van der Waals surface area contributed by atoms with Gasteiger partial charge in [0.1, 0.15) is 5.69 Å². The Balaban J connectivity index is 1.49. The average Bonchev–Trinajstić information content (AvgIpc) is 3.28. The predicted molar refractivity (Wildman–Crippen MR) is 109 cm³/mol. The monoisotopic (exact) mass is 364 g/mol. The number of rotatable bonds is 4. The lowest BCUT2D eigenvalue weighted by Crippen LogP contribution is -2.55. The van der Waals surface area contributed by atoms with Crippen LogP contribution in [0.2, 0.25) is 0 Å². The smallest absolute Gasteiger partial charge is 0.272 e. The van der Waals surface area contributed by atoms with Gasteiger partial charge >= 0.3 is 0 Å². The van der Waals surface area contributed by atoms with Crippen molar-refractivity contribution in [3.63, 3.8) is 0 Å². The van der Waals surface area contributed by atoms with E-state index in [2.05, 4.69) is 46.0 Å². The number of hydrogen-bond acceptors (Lipinski definition) is 4. The fourth-order valence-corrected chi connectivity index (χ4v) is 4.20. The quantitative estimate of drug-likeness (QED) is 0.833. The molecule has 0 spiro atoms. The molecule has 0 bridgehead atoms. The minimum atomic E-state index is 0.0654. The number of pyridine rings is 1. The van der Waals surface area contributed by atoms with Gasteiger partial charge in [-0.2, -0.15) is 0 Å². The average molecular weight is 364 g/mol. The molecule has 2 fully saturated rings. The normalized spacial score (nSPS) is 20.2. The number of carbonyl (C=O) groups excluding carboxylic acids is 1. The first-order chi connectivity index (χ1) is 13.3. The van der Waals surface area contributed by atoms with Crippen molar-refractivity contribution in [2.24, 2.45) is 0 Å². The van der Waals surface area contributed by atoms with E-state index in [1.54, 1.807) is 6.20 Å². The van der Waals surface area contributed by atoms with Crippen molar-refractivity contribution in [1.82, 2.24) is 9.88 Å². The summed E-state index contributed by atoms with van der Waals surface area (Å²) >= 11 is 0. The Labute approximate surface area is 161 Å². The lowest BCUT2D eigenvalue weighted by molar-refractivity contribution is 0.0646. The molecule has 0 saturated carbocycles. The Morgan fingerprint density at radius 2 is 1.78 bits per heavy atom. The maximum atomic E-state index is 13.2. The molecule has 2 aliphatic heterocycles. The second-order valence-electron chi connectivity index (χ2n) is 7.44. The van der Waals surface area contributed by atoms with E-state index in [4.69, 9.17) is 0 Å². The van der Waals surface area contributed by atoms with Gasteiger partial charge in [-0.25, -0.2) is 0 Å². The van der Waals surface area contributed by atoms with Crippen molar-refractivity contribution in [2.45, 2.75) is 32.2 Å². The van der Waals surface area contributed by atoms with Crippen LogP contribution in [-0.2, 0) is 0 Å². The van der Waals surface area contributed by atoms with Crippen molar-refractivity contribution in [3.05, 3.63) is 54.4 Å². The molecule has 2 saturated heterocycles. The molecule has 0 aliphatic carbocycles. The molecular formula is C22H28N4O. The van der Waals surface area contributed by atoms with E-state index in [1.165, 1.54) is 18.5 Å². The molecule has 1 atom stereocenters. The van der Waals surface area contributed by atoms with E-state index in [-0.39, 0.29) is 11.9 Å². The van der Waals surface area contributed by atoms with Crippen LogP contribution in [0.1, 0.15) is 36.7 Å². The molecule has 1 unspecified atom stereocenters. The van der Waals surface area contributed by atoms with Gasteiger partial charge in [-0.15, -0.1) is 0 Å². The predicted octanol–water partition coefficient (Wildman–Crippen LogP) is 3.42. The largest absolute Gasteiger partial charge is 0.371 e. The number of nitrogens with zero attached hydrogens (tertiary/aromatic N) is 4. The zero-order valence-electron chi connectivity index (χ0n) is 16.1. The number of carbonyl (C=O) groups is 1. The number of benzene rings is 1. The van der Waals surface area contributed by atoms with Gasteiger partial charge < -0.3 is 14.7 Å². The number of amides is 1. The summed E-state index contributed by atoms with van der Waals surface area (Å²) in [5, 5.41) is 0. The topological polar surface area (TPSA) is 39.7 Å². The molecule has 0 N–H and O–H groups in total. The minimum absolute atomic E-state index is 0.0654. The lowest BCUT2D eigenvalue weighted by Gasteiger charge is -2.42. The number of hydrogen-bond donors (Lipinski definition) is 0. The van der Waals surface area contributed by atoms with Crippen LogP contribution in [0.4, 0.5) is 11.4 Å². The molecule has 1 aromatic carbocycles. The molecule has 2 aromatic rings. The molecule has 1 aromatic heterocycles. The van der Waals surface area contributed by atoms with Crippen LogP contribution in [0.5, 0.6) is 0 Å². The van der Waals surface area contributed by atoms with Crippen molar-refractivity contribution in [3.8, 4) is 0 Å². The van der Waals surface area contributed by atoms with Gasteiger partial charge in [0.05, 0.1) is 0 Å². The van der Waals surface area contributed by atoms with Gasteiger partial charge in [0.15, 0.2) is 0 Å². The molecule has 0 radical (unpaired) electrons. The summed E-state index contributed by atoms with van der Waals surface area (Å²) in [4.78, 5) is 24.4. The maximum absolute atomic E-state index is 13.2. The van der Waals surface area contributed by atoms with E-state index in [1.807, 2.05) is 23.1 Å². The second kappa shape index (κ2) is 7.99. The summed E-state index contributed by atoms with van der Waals surface area (Å²) < 4.78 is 0. The van der Waals surface area contributed by atoms with Gasteiger partial charge in [0.25, 0.3) is 5.91 Å². The molecular weight excluding hydrogens is 336 g/mol. The van der Waals surface area contributed by atoms with Crippen LogP contribution in [0, 0.1) is 0 Å². The standard InChI is InChI=1S/C22H28N4O/c1-2-18-17-25(19-8-4-3-5-9-19)14-15-26(18)22(27)21-16-20(10-11-23-21)24-12-6-7-13-24/h3-5,8-11,16,18H,2,6-7,12-15,17H2,1H3. The van der Waals surface area contributed by atoms with Gasteiger partial charge in [0.2, 0.25) is 0 Å². The number of para-hydroxylation sites is 1. The Bertz CT molecular complexity index is 773. The highest BCUT2D eigenvalue weighted by Crippen LogP contribution is 2.24. The molecule has 142 valence electrons. The van der Waals surface area contributed by atoms with Crippen molar-refractivity contribution < 1.29 is 4.79 Å². The molecule has 1 amide bonds. The van der Waals surface area contributed by atoms with E-state index in [0.29, 0.717) is 5.69 Å². The minimum Gasteiger partial charge on any atom is -0.371 e. The highest BCUT2D eigenvalue weighted by Gasteiger charge is 2.31. The van der Waals surface area contributed by atoms with E-state index < -0.39 is 0 Å². The summed E-state index contributed by atoms with van der Waals surface area (Å²) in [7, 11) is 0. The van der Waals surface area contributed by atoms with E-state index in [0.717, 1.165) is 44.8 Å². The zero-order chi connectivity index (χ0) is 18.6. The first-order valence-corrected chi connectivity index (χ1v) is 10.1. The fourth-order valence-electron chi connectivity index (χ4n) is 4.20. The van der Waals surface area contributed by atoms with Crippen molar-refractivity contribution in [1.29, 1.82) is 0 Å². The van der Waals surface area contributed by atoms with Gasteiger partial charge in [-0.3, -0.25) is 9.78 Å². The van der Waals surface area contributed by atoms with Crippen LogP contribution in [0.15, 0.2) is 48.7 Å². The van der Waals surface area contributed by atoms with Crippen molar-refractivity contribution >= 4 is 17.3 Å². The van der Waals surface area contributed by atoms with Crippen LogP contribution in [0.3, 0.4) is 0 Å². The molecule has 27 heavy (non-hydrogen) atoms. The fraction of sp³-hybridized carbons (Fsp3) is 0.455. The van der Waals surface area contributed by atoms with Gasteiger partial charge in [-0.1, -0.05) is 25.1 Å². The molecule has 2 aliphatic rings. The third kappa shape index (κ3) is 3.77. The first-order valence-electron chi connectivity index (χ1n) is 10.1. The zero-order valence-corrected chi connectivity index (χ0v) is 16.1. The van der Waals surface area contributed by atoms with E-state index >= 15 is 0 Å². The lowest BCUT2D eigenvalue weighted by atomic mass is 10.1. The Hall–Kier alpha value is -2.56. The summed E-state index contributed by atoms with van der Waals surface area (Å²) in [6, 6.07) is 14.7. The second-order valence-corrected chi connectivity index (χ2v) is 7.44.